The molecule has 0 N–H and O–H groups in total. The number of pyridine rings is 2. The van der Waals surface area contributed by atoms with E-state index in [4.69, 9.17) is 4.84 Å². The summed E-state index contributed by atoms with van der Waals surface area (Å²) in [5, 5.41) is 4.10. The second-order valence-electron chi connectivity index (χ2n) is 9.71. The highest BCUT2D eigenvalue weighted by atomic mass is 19.1. The number of amides is 1. The van der Waals surface area contributed by atoms with Crippen molar-refractivity contribution in [1.82, 2.24) is 14.5 Å². The van der Waals surface area contributed by atoms with Gasteiger partial charge in [0.2, 0.25) is 6.10 Å². The van der Waals surface area contributed by atoms with Gasteiger partial charge in [0.1, 0.15) is 5.82 Å². The molecule has 0 saturated heterocycles. The van der Waals surface area contributed by atoms with E-state index in [-0.39, 0.29) is 29.6 Å². The van der Waals surface area contributed by atoms with E-state index in [1.165, 1.54) is 6.07 Å². The molecule has 3 aromatic rings. The first-order valence-electron chi connectivity index (χ1n) is 12.3. The number of carbonyl (C=O) groups excluding carboxylic acids is 1. The molecule has 4 heterocycles. The van der Waals surface area contributed by atoms with Crippen molar-refractivity contribution in [1.29, 1.82) is 0 Å². The van der Waals surface area contributed by atoms with Crippen molar-refractivity contribution in [3.05, 3.63) is 99.0 Å². The summed E-state index contributed by atoms with van der Waals surface area (Å²) in [6.07, 6.45) is 4.05. The zero-order valence-corrected chi connectivity index (χ0v) is 20.5. The Hall–Kier alpha value is -3.81. The van der Waals surface area contributed by atoms with Gasteiger partial charge in [-0.2, -0.15) is 0 Å². The van der Waals surface area contributed by atoms with Gasteiger partial charge >= 0.3 is 0 Å². The molecule has 2 aliphatic heterocycles. The summed E-state index contributed by atoms with van der Waals surface area (Å²) in [5.74, 6) is -0.210. The van der Waals surface area contributed by atoms with Crippen LogP contribution in [0.15, 0.2) is 64.8 Å². The summed E-state index contributed by atoms with van der Waals surface area (Å²) < 4.78 is 16.2. The Morgan fingerprint density at radius 2 is 2.03 bits per heavy atom. The van der Waals surface area contributed by atoms with Gasteiger partial charge in [-0.05, 0) is 40.8 Å². The van der Waals surface area contributed by atoms with Gasteiger partial charge in [-0.25, -0.2) is 4.39 Å². The lowest BCUT2D eigenvalue weighted by molar-refractivity contribution is -0.143. The van der Waals surface area contributed by atoms with Crippen LogP contribution in [0.25, 0.3) is 0 Å². The molecule has 5 rings (SSSR count). The van der Waals surface area contributed by atoms with Crippen LogP contribution in [0.2, 0.25) is 0 Å². The zero-order valence-electron chi connectivity index (χ0n) is 20.5. The van der Waals surface area contributed by atoms with Crippen molar-refractivity contribution in [3.8, 4) is 0 Å². The topological polar surface area (TPSA) is 76.8 Å². The Morgan fingerprint density at radius 3 is 2.75 bits per heavy atom. The fraction of sp³-hybridized carbons (Fsp3) is 0.357. The molecule has 36 heavy (non-hydrogen) atoms. The van der Waals surface area contributed by atoms with Gasteiger partial charge in [-0.1, -0.05) is 43.3 Å². The summed E-state index contributed by atoms with van der Waals surface area (Å²) >= 11 is 0. The minimum atomic E-state index is -0.608. The van der Waals surface area contributed by atoms with E-state index in [9.17, 15) is 14.0 Å². The number of halogens is 1. The number of carbonyl (C=O) groups is 1. The van der Waals surface area contributed by atoms with E-state index in [0.29, 0.717) is 43.6 Å². The molecular weight excluding hydrogens is 459 g/mol. The zero-order chi connectivity index (χ0) is 25.2. The third-order valence-corrected chi connectivity index (χ3v) is 6.89. The molecule has 8 heteroatoms. The Morgan fingerprint density at radius 1 is 1.19 bits per heavy atom. The maximum Gasteiger partial charge on any atom is 0.267 e. The Balaban J connectivity index is 1.47. The highest BCUT2D eigenvalue weighted by Gasteiger charge is 2.35. The fourth-order valence-corrected chi connectivity index (χ4v) is 4.86. The van der Waals surface area contributed by atoms with Crippen LogP contribution in [0, 0.1) is 11.7 Å². The van der Waals surface area contributed by atoms with Gasteiger partial charge in [0.25, 0.3) is 11.5 Å². The molecule has 1 amide bonds. The minimum Gasteiger partial charge on any atom is -0.382 e. The lowest BCUT2D eigenvalue weighted by Gasteiger charge is -2.32. The molecule has 1 atom stereocenters. The number of nitrogens with zero attached hydrogens (tertiary/aromatic N) is 4. The van der Waals surface area contributed by atoms with Crippen molar-refractivity contribution >= 4 is 11.6 Å². The predicted molar refractivity (Wildman–Crippen MR) is 134 cm³/mol. The third-order valence-electron chi connectivity index (χ3n) is 6.89. The molecule has 0 saturated carbocycles. The highest BCUT2D eigenvalue weighted by molar-refractivity contribution is 5.93. The minimum absolute atomic E-state index is 0.0966. The number of rotatable bonds is 6. The molecule has 1 aromatic carbocycles. The standard InChI is InChI=1S/C28H29FN4O3/c1-18(2)24-14-26(36-31-24)28(35)32-11-9-25-22(17-32)13-21(12-20-7-3-4-8-23(20)29)27(34)33(25)16-19-6-5-10-30-15-19/h3-8,10,13,15,18,26H,9,11-12,14,16-17H2,1-2H3. The van der Waals surface area contributed by atoms with Gasteiger partial charge in [0, 0.05) is 56.0 Å². The van der Waals surface area contributed by atoms with Crippen molar-refractivity contribution in [2.45, 2.75) is 52.3 Å². The van der Waals surface area contributed by atoms with E-state index in [1.54, 1.807) is 40.1 Å². The number of hydrogen-bond donors (Lipinski definition) is 0. The second kappa shape index (κ2) is 10.0. The van der Waals surface area contributed by atoms with E-state index in [1.807, 2.05) is 32.0 Å². The fourth-order valence-electron chi connectivity index (χ4n) is 4.86. The van der Waals surface area contributed by atoms with E-state index >= 15 is 0 Å². The Kier molecular flexibility index (Phi) is 6.67. The quantitative estimate of drug-likeness (QED) is 0.530. The summed E-state index contributed by atoms with van der Waals surface area (Å²) in [6, 6.07) is 12.1. The number of benzene rings is 1. The normalized spacial score (nSPS) is 17.1. The molecule has 0 fully saturated rings. The molecule has 0 radical (unpaired) electrons. The van der Waals surface area contributed by atoms with Crippen molar-refractivity contribution < 1.29 is 14.0 Å². The van der Waals surface area contributed by atoms with Crippen LogP contribution < -0.4 is 5.56 Å². The monoisotopic (exact) mass is 488 g/mol. The van der Waals surface area contributed by atoms with Crippen LogP contribution in [0.5, 0.6) is 0 Å². The summed E-state index contributed by atoms with van der Waals surface area (Å²) in [5.41, 5.74) is 4.41. The number of oxime groups is 1. The summed E-state index contributed by atoms with van der Waals surface area (Å²) in [4.78, 5) is 38.2. The van der Waals surface area contributed by atoms with Gasteiger partial charge in [-0.15, -0.1) is 0 Å². The first kappa shape index (κ1) is 23.9. The summed E-state index contributed by atoms with van der Waals surface area (Å²) in [7, 11) is 0. The predicted octanol–water partition coefficient (Wildman–Crippen LogP) is 3.71. The Labute approximate surface area is 209 Å². The Bertz CT molecular complexity index is 1370. The van der Waals surface area contributed by atoms with E-state index < -0.39 is 6.10 Å². The largest absolute Gasteiger partial charge is 0.382 e. The van der Waals surface area contributed by atoms with Crippen LogP contribution in [0.1, 0.15) is 48.2 Å². The maximum absolute atomic E-state index is 14.4. The smallest absolute Gasteiger partial charge is 0.267 e. The van der Waals surface area contributed by atoms with Gasteiger partial charge in [0.15, 0.2) is 0 Å². The molecule has 186 valence electrons. The average Bonchev–Trinajstić information content (AvgIpc) is 3.38. The molecule has 0 bridgehead atoms. The second-order valence-corrected chi connectivity index (χ2v) is 9.71. The molecule has 1 unspecified atom stereocenters. The van der Waals surface area contributed by atoms with Gasteiger partial charge in [0.05, 0.1) is 12.3 Å². The molecule has 0 spiro atoms. The SMILES string of the molecule is CC(C)C1=NOC(C(=O)N2CCc3c(cc(Cc4ccccc4F)c(=O)n3Cc3cccnc3)C2)C1. The lowest BCUT2D eigenvalue weighted by atomic mass is 9.97. The van der Waals surface area contributed by atoms with Crippen LogP contribution in [0.4, 0.5) is 4.39 Å². The first-order chi connectivity index (χ1) is 17.4. The lowest BCUT2D eigenvalue weighted by Crippen LogP contribution is -2.44. The first-order valence-corrected chi connectivity index (χ1v) is 12.3. The van der Waals surface area contributed by atoms with Crippen LogP contribution in [-0.2, 0) is 35.6 Å². The molecule has 2 aromatic heterocycles. The van der Waals surface area contributed by atoms with Gasteiger partial charge < -0.3 is 14.3 Å². The van der Waals surface area contributed by atoms with E-state index in [0.717, 1.165) is 22.5 Å². The van der Waals surface area contributed by atoms with Crippen LogP contribution >= 0.6 is 0 Å². The van der Waals surface area contributed by atoms with Crippen molar-refractivity contribution in [2.24, 2.45) is 11.1 Å². The van der Waals surface area contributed by atoms with Crippen molar-refractivity contribution in [2.75, 3.05) is 6.54 Å². The van der Waals surface area contributed by atoms with E-state index in [2.05, 4.69) is 10.1 Å². The van der Waals surface area contributed by atoms with Gasteiger partial charge in [-0.3, -0.25) is 14.6 Å². The van der Waals surface area contributed by atoms with Crippen molar-refractivity contribution in [3.63, 3.8) is 0 Å². The molecular formula is C28H29FN4O3. The van der Waals surface area contributed by atoms with Crippen LogP contribution in [-0.4, -0.2) is 38.7 Å². The average molecular weight is 489 g/mol. The molecule has 2 aliphatic rings. The number of hydrogen-bond acceptors (Lipinski definition) is 5. The van der Waals surface area contributed by atoms with Crippen LogP contribution in [0.3, 0.4) is 0 Å². The molecule has 7 nitrogen and oxygen atoms in total. The summed E-state index contributed by atoms with van der Waals surface area (Å²) in [6.45, 7) is 5.28. The maximum atomic E-state index is 14.4. The number of fused-ring (bicyclic) bond motifs is 1. The highest BCUT2D eigenvalue weighted by Crippen LogP contribution is 2.25. The third kappa shape index (κ3) is 4.80. The molecule has 0 aliphatic carbocycles. The number of aromatic nitrogens is 2.